The van der Waals surface area contributed by atoms with Crippen LogP contribution in [0, 0.1) is 0 Å². The molecule has 10 heteroatoms. The quantitative estimate of drug-likeness (QED) is 0.417. The molecular weight excluding hydrogens is 494 g/mol. The maximum absolute atomic E-state index is 13.2. The third kappa shape index (κ3) is 5.74. The predicted molar refractivity (Wildman–Crippen MR) is 139 cm³/mol. The Labute approximate surface area is 219 Å². The van der Waals surface area contributed by atoms with Crippen LogP contribution in [-0.4, -0.2) is 64.2 Å². The smallest absolute Gasteiger partial charge is 0.254 e. The maximum atomic E-state index is 13.2. The lowest BCUT2D eigenvalue weighted by molar-refractivity contribution is -0.122. The van der Waals surface area contributed by atoms with E-state index >= 15 is 0 Å². The second-order valence-corrected chi connectivity index (χ2v) is 9.57. The summed E-state index contributed by atoms with van der Waals surface area (Å²) in [5.74, 6) is -0.0989. The molecule has 192 valence electrons. The number of anilines is 1. The zero-order chi connectivity index (χ0) is 25.8. The third-order valence-electron chi connectivity index (χ3n) is 6.61. The minimum absolute atomic E-state index is 0.111. The number of halogens is 1. The summed E-state index contributed by atoms with van der Waals surface area (Å²) < 4.78 is 5.41. The number of hydrogen-bond acceptors (Lipinski definition) is 7. The first-order valence-corrected chi connectivity index (χ1v) is 12.6. The molecule has 1 fully saturated rings. The van der Waals surface area contributed by atoms with Gasteiger partial charge in [0, 0.05) is 36.9 Å². The standard InChI is InChI=1S/C27H28ClN5O4/c28-22-13-29-27(30-20-8-10-37-11-9-20)32-25(22)18-6-7-19-14-33(26(36)21(19)12-18)15-24(35)31-23(16-34)17-4-2-1-3-5-17/h1-7,12-13,20,23,34H,8-11,14-16H2,(H,31,35)(H,29,30,32)/t23-/m1/s1. The monoisotopic (exact) mass is 521 g/mol. The van der Waals surface area contributed by atoms with Gasteiger partial charge in [-0.15, -0.1) is 0 Å². The van der Waals surface area contributed by atoms with Crippen molar-refractivity contribution in [3.8, 4) is 11.3 Å². The lowest BCUT2D eigenvalue weighted by atomic mass is 10.0. The lowest BCUT2D eigenvalue weighted by Crippen LogP contribution is -2.40. The molecule has 1 aromatic heterocycles. The van der Waals surface area contributed by atoms with Crippen molar-refractivity contribution in [2.75, 3.05) is 31.7 Å². The van der Waals surface area contributed by atoms with Crippen LogP contribution in [0.25, 0.3) is 11.3 Å². The molecular formula is C27H28ClN5O4. The SMILES string of the molecule is O=C(CN1Cc2ccc(-c3nc(NC4CCOCC4)ncc3Cl)cc2C1=O)N[C@H](CO)c1ccccc1. The van der Waals surface area contributed by atoms with Crippen LogP contribution in [0.15, 0.2) is 54.7 Å². The Morgan fingerprint density at radius 1 is 1.19 bits per heavy atom. The summed E-state index contributed by atoms with van der Waals surface area (Å²) in [5, 5.41) is 16.3. The van der Waals surface area contributed by atoms with Crippen LogP contribution >= 0.6 is 11.6 Å². The third-order valence-corrected chi connectivity index (χ3v) is 6.89. The van der Waals surface area contributed by atoms with Crippen molar-refractivity contribution in [1.82, 2.24) is 20.2 Å². The van der Waals surface area contributed by atoms with Crippen molar-refractivity contribution in [1.29, 1.82) is 0 Å². The van der Waals surface area contributed by atoms with Crippen LogP contribution in [0.2, 0.25) is 5.02 Å². The van der Waals surface area contributed by atoms with Crippen LogP contribution in [-0.2, 0) is 16.1 Å². The Morgan fingerprint density at radius 2 is 1.97 bits per heavy atom. The lowest BCUT2D eigenvalue weighted by Gasteiger charge is -2.23. The summed E-state index contributed by atoms with van der Waals surface area (Å²) in [5.41, 5.74) is 3.37. The van der Waals surface area contributed by atoms with Crippen molar-refractivity contribution in [2.45, 2.75) is 31.5 Å². The van der Waals surface area contributed by atoms with Gasteiger partial charge in [0.25, 0.3) is 5.91 Å². The van der Waals surface area contributed by atoms with E-state index in [1.54, 1.807) is 12.3 Å². The number of amides is 2. The number of nitrogens with zero attached hydrogens (tertiary/aromatic N) is 3. The van der Waals surface area contributed by atoms with Gasteiger partial charge in [0.15, 0.2) is 0 Å². The van der Waals surface area contributed by atoms with Gasteiger partial charge in [-0.1, -0.05) is 54.1 Å². The minimum Gasteiger partial charge on any atom is -0.394 e. The number of hydrogen-bond donors (Lipinski definition) is 3. The van der Waals surface area contributed by atoms with Gasteiger partial charge in [0.05, 0.1) is 29.6 Å². The van der Waals surface area contributed by atoms with Crippen LogP contribution in [0.1, 0.15) is 40.4 Å². The highest BCUT2D eigenvalue weighted by Crippen LogP contribution is 2.31. The molecule has 0 aliphatic carbocycles. The van der Waals surface area contributed by atoms with Crippen molar-refractivity contribution in [3.05, 3.63) is 76.4 Å². The first kappa shape index (κ1) is 25.1. The molecule has 2 aromatic carbocycles. The molecule has 3 aromatic rings. The van der Waals surface area contributed by atoms with E-state index in [1.807, 2.05) is 42.5 Å². The number of aliphatic hydroxyl groups excluding tert-OH is 1. The van der Waals surface area contributed by atoms with E-state index in [2.05, 4.69) is 20.6 Å². The Morgan fingerprint density at radius 3 is 2.73 bits per heavy atom. The Kier molecular flexibility index (Phi) is 7.64. The fourth-order valence-electron chi connectivity index (χ4n) is 4.63. The molecule has 37 heavy (non-hydrogen) atoms. The molecule has 2 amide bonds. The average Bonchev–Trinajstić information content (AvgIpc) is 3.23. The van der Waals surface area contributed by atoms with E-state index in [9.17, 15) is 14.7 Å². The zero-order valence-corrected chi connectivity index (χ0v) is 20.9. The van der Waals surface area contributed by atoms with Crippen molar-refractivity contribution in [2.24, 2.45) is 0 Å². The summed E-state index contributed by atoms with van der Waals surface area (Å²) >= 11 is 6.43. The summed E-state index contributed by atoms with van der Waals surface area (Å²) in [6, 6.07) is 14.4. The number of aliphatic hydroxyl groups is 1. The first-order valence-electron chi connectivity index (χ1n) is 12.3. The number of carbonyl (C=O) groups is 2. The molecule has 0 radical (unpaired) electrons. The maximum Gasteiger partial charge on any atom is 0.254 e. The highest BCUT2D eigenvalue weighted by atomic mass is 35.5. The number of fused-ring (bicyclic) bond motifs is 1. The highest BCUT2D eigenvalue weighted by Gasteiger charge is 2.30. The molecule has 0 bridgehead atoms. The summed E-state index contributed by atoms with van der Waals surface area (Å²) in [4.78, 5) is 36.3. The first-order chi connectivity index (χ1) is 18.0. The molecule has 3 N–H and O–H groups in total. The van der Waals surface area contributed by atoms with E-state index in [1.165, 1.54) is 4.90 Å². The molecule has 0 unspecified atom stereocenters. The molecule has 1 atom stereocenters. The number of benzene rings is 2. The van der Waals surface area contributed by atoms with E-state index in [4.69, 9.17) is 16.3 Å². The molecule has 0 spiro atoms. The molecule has 2 aliphatic rings. The Bertz CT molecular complexity index is 1280. The average molecular weight is 522 g/mol. The van der Waals surface area contributed by atoms with Gasteiger partial charge < -0.3 is 25.4 Å². The molecule has 0 saturated carbocycles. The highest BCUT2D eigenvalue weighted by molar-refractivity contribution is 6.33. The van der Waals surface area contributed by atoms with Crippen LogP contribution in [0.4, 0.5) is 5.95 Å². The van der Waals surface area contributed by atoms with E-state index < -0.39 is 6.04 Å². The molecule has 5 rings (SSSR count). The Hall–Kier alpha value is -3.53. The molecule has 1 saturated heterocycles. The Balaban J connectivity index is 1.28. The predicted octanol–water partition coefficient (Wildman–Crippen LogP) is 3.19. The number of carbonyl (C=O) groups excluding carboxylic acids is 2. The van der Waals surface area contributed by atoms with E-state index in [0.717, 1.165) is 24.0 Å². The van der Waals surface area contributed by atoms with Crippen LogP contribution < -0.4 is 10.6 Å². The summed E-state index contributed by atoms with van der Waals surface area (Å²) in [6.07, 6.45) is 3.31. The van der Waals surface area contributed by atoms with Crippen molar-refractivity contribution in [3.63, 3.8) is 0 Å². The van der Waals surface area contributed by atoms with E-state index in [-0.39, 0.29) is 31.0 Å². The largest absolute Gasteiger partial charge is 0.394 e. The zero-order valence-electron chi connectivity index (χ0n) is 20.2. The second-order valence-electron chi connectivity index (χ2n) is 9.17. The summed E-state index contributed by atoms with van der Waals surface area (Å²) in [7, 11) is 0. The molecule has 9 nitrogen and oxygen atoms in total. The van der Waals surface area contributed by atoms with Crippen molar-refractivity contribution >= 4 is 29.4 Å². The fraction of sp³-hybridized carbons (Fsp3) is 0.333. The van der Waals surface area contributed by atoms with Gasteiger partial charge in [-0.2, -0.15) is 0 Å². The fourth-order valence-corrected chi connectivity index (χ4v) is 4.83. The number of aromatic nitrogens is 2. The van der Waals surface area contributed by atoms with E-state index in [0.29, 0.717) is 47.6 Å². The molecule has 3 heterocycles. The van der Waals surface area contributed by atoms with Gasteiger partial charge in [-0.25, -0.2) is 9.97 Å². The van der Waals surface area contributed by atoms with Gasteiger partial charge in [-0.05, 0) is 30.0 Å². The molecule has 2 aliphatic heterocycles. The van der Waals surface area contributed by atoms with Gasteiger partial charge in [0.2, 0.25) is 11.9 Å². The van der Waals surface area contributed by atoms with Crippen molar-refractivity contribution < 1.29 is 19.4 Å². The van der Waals surface area contributed by atoms with Crippen LogP contribution in [0.5, 0.6) is 0 Å². The van der Waals surface area contributed by atoms with Gasteiger partial charge in [-0.3, -0.25) is 9.59 Å². The van der Waals surface area contributed by atoms with Crippen LogP contribution in [0.3, 0.4) is 0 Å². The minimum atomic E-state index is -0.538. The number of nitrogens with one attached hydrogen (secondary N) is 2. The normalized spacial score (nSPS) is 16.4. The second kappa shape index (κ2) is 11.2. The van der Waals surface area contributed by atoms with Gasteiger partial charge in [0.1, 0.15) is 6.54 Å². The number of ether oxygens (including phenoxy) is 1. The number of rotatable bonds is 8. The topological polar surface area (TPSA) is 117 Å². The van der Waals surface area contributed by atoms with Gasteiger partial charge >= 0.3 is 0 Å². The summed E-state index contributed by atoms with van der Waals surface area (Å²) in [6.45, 7) is 1.38.